The molecular formula is C18H20F4N6O. The van der Waals surface area contributed by atoms with E-state index in [1.807, 2.05) is 0 Å². The van der Waals surface area contributed by atoms with E-state index in [1.165, 1.54) is 12.1 Å². The number of nitrogens with one attached hydrogen (secondary N) is 1. The van der Waals surface area contributed by atoms with Gasteiger partial charge in [0, 0.05) is 24.5 Å². The van der Waals surface area contributed by atoms with Crippen molar-refractivity contribution in [2.45, 2.75) is 43.9 Å². The van der Waals surface area contributed by atoms with Crippen molar-refractivity contribution in [3.63, 3.8) is 0 Å². The lowest BCUT2D eigenvalue weighted by atomic mass is 9.91. The zero-order valence-electron chi connectivity index (χ0n) is 15.3. The lowest BCUT2D eigenvalue weighted by Gasteiger charge is -2.35. The number of anilines is 2. The predicted octanol–water partition coefficient (Wildman–Crippen LogP) is 2.65. The van der Waals surface area contributed by atoms with Crippen molar-refractivity contribution in [1.29, 1.82) is 0 Å². The number of hydrogen-bond donors (Lipinski definition) is 3. The van der Waals surface area contributed by atoms with Crippen LogP contribution in [0.15, 0.2) is 30.7 Å². The van der Waals surface area contributed by atoms with E-state index >= 15 is 0 Å². The number of amides is 1. The molecule has 1 fully saturated rings. The van der Waals surface area contributed by atoms with Gasteiger partial charge in [-0.25, -0.2) is 14.8 Å². The van der Waals surface area contributed by atoms with Gasteiger partial charge in [0.15, 0.2) is 5.82 Å². The number of hydrazine groups is 1. The molecule has 1 amide bonds. The van der Waals surface area contributed by atoms with Crippen molar-refractivity contribution >= 4 is 17.4 Å². The molecule has 1 saturated carbocycles. The van der Waals surface area contributed by atoms with Crippen LogP contribution >= 0.6 is 0 Å². The molecule has 3 rings (SSSR count). The summed E-state index contributed by atoms with van der Waals surface area (Å²) in [5.74, 6) is -2.15. The zero-order valence-corrected chi connectivity index (χ0v) is 15.3. The van der Waals surface area contributed by atoms with Gasteiger partial charge in [-0.3, -0.25) is 14.8 Å². The third-order valence-electron chi connectivity index (χ3n) is 4.78. The largest absolute Gasteiger partial charge is 0.420 e. The van der Waals surface area contributed by atoms with E-state index in [9.17, 15) is 22.4 Å². The summed E-state index contributed by atoms with van der Waals surface area (Å²) in [5, 5.41) is 1.08. The molecule has 1 aliphatic rings. The minimum atomic E-state index is -4.91. The Balaban J connectivity index is 2.04. The molecule has 2 aromatic rings. The fraction of sp³-hybridized carbons (Fsp3) is 0.389. The monoisotopic (exact) mass is 412 g/mol. The average Bonchev–Trinajstić information content (AvgIpc) is 2.67. The van der Waals surface area contributed by atoms with E-state index in [1.54, 1.807) is 0 Å². The van der Waals surface area contributed by atoms with Gasteiger partial charge in [0.2, 0.25) is 5.91 Å². The predicted molar refractivity (Wildman–Crippen MR) is 97.5 cm³/mol. The Morgan fingerprint density at radius 1 is 1.17 bits per heavy atom. The first kappa shape index (κ1) is 20.9. The van der Waals surface area contributed by atoms with Crippen LogP contribution in [0.5, 0.6) is 0 Å². The second-order valence-electron chi connectivity index (χ2n) is 6.81. The molecule has 1 aliphatic carbocycles. The van der Waals surface area contributed by atoms with Crippen LogP contribution in [0.4, 0.5) is 29.1 Å². The van der Waals surface area contributed by atoms with E-state index < -0.39 is 29.2 Å². The molecule has 0 aliphatic heterocycles. The molecule has 0 bridgehead atoms. The average molecular weight is 412 g/mol. The van der Waals surface area contributed by atoms with Crippen LogP contribution in [-0.2, 0) is 6.18 Å². The van der Waals surface area contributed by atoms with Gasteiger partial charge in [-0.1, -0.05) is 12.8 Å². The van der Waals surface area contributed by atoms with Gasteiger partial charge in [0.25, 0.3) is 0 Å². The lowest BCUT2D eigenvalue weighted by Crippen LogP contribution is -2.53. The first-order chi connectivity index (χ1) is 13.7. The maximum absolute atomic E-state index is 14.8. The van der Waals surface area contributed by atoms with Crippen molar-refractivity contribution in [2.24, 2.45) is 11.5 Å². The number of hydrogen-bond acceptors (Lipinski definition) is 6. The van der Waals surface area contributed by atoms with Gasteiger partial charge in [0.1, 0.15) is 17.1 Å². The van der Waals surface area contributed by atoms with Gasteiger partial charge >= 0.3 is 6.18 Å². The fourth-order valence-electron chi connectivity index (χ4n) is 3.20. The first-order valence-corrected chi connectivity index (χ1v) is 8.97. The minimum Gasteiger partial charge on any atom is -0.366 e. The molecule has 5 N–H and O–H groups in total. The van der Waals surface area contributed by atoms with E-state index in [0.29, 0.717) is 12.6 Å². The first-order valence-electron chi connectivity index (χ1n) is 8.97. The highest BCUT2D eigenvalue weighted by atomic mass is 19.4. The summed E-state index contributed by atoms with van der Waals surface area (Å²) < 4.78 is 54.2. The molecule has 11 heteroatoms. The van der Waals surface area contributed by atoms with Gasteiger partial charge in [0.05, 0.1) is 11.8 Å². The summed E-state index contributed by atoms with van der Waals surface area (Å²) in [5.41, 5.74) is 12.4. The zero-order chi connectivity index (χ0) is 21.2. The molecule has 2 aromatic heterocycles. The van der Waals surface area contributed by atoms with Gasteiger partial charge in [-0.2, -0.15) is 13.2 Å². The van der Waals surface area contributed by atoms with Crippen LogP contribution in [0.2, 0.25) is 0 Å². The summed E-state index contributed by atoms with van der Waals surface area (Å²) in [6, 6.07) is 2.12. The van der Waals surface area contributed by atoms with Crippen molar-refractivity contribution < 1.29 is 22.4 Å². The summed E-state index contributed by atoms with van der Waals surface area (Å²) in [6.07, 6.45) is 0.826. The highest BCUT2D eigenvalue weighted by molar-refractivity contribution is 5.92. The molecule has 2 heterocycles. The molecule has 156 valence electrons. The van der Waals surface area contributed by atoms with E-state index in [2.05, 4.69) is 15.4 Å². The normalized spacial score (nSPS) is 19.8. The molecule has 2 atom stereocenters. The van der Waals surface area contributed by atoms with Gasteiger partial charge in [-0.05, 0) is 25.0 Å². The van der Waals surface area contributed by atoms with Crippen LogP contribution in [0.25, 0.3) is 0 Å². The van der Waals surface area contributed by atoms with Gasteiger partial charge < -0.3 is 11.5 Å². The molecule has 29 heavy (non-hydrogen) atoms. The van der Waals surface area contributed by atoms with Crippen molar-refractivity contribution in [2.75, 3.05) is 5.01 Å². The van der Waals surface area contributed by atoms with E-state index in [4.69, 9.17) is 11.5 Å². The summed E-state index contributed by atoms with van der Waals surface area (Å²) in [4.78, 5) is 18.9. The van der Waals surface area contributed by atoms with Crippen LogP contribution in [0, 0.1) is 5.82 Å². The number of pyridine rings is 2. The summed E-state index contributed by atoms with van der Waals surface area (Å²) in [6.45, 7) is 0. The highest BCUT2D eigenvalue weighted by Crippen LogP contribution is 2.35. The number of carbonyl (C=O) groups excluding carboxylic acids is 1. The smallest absolute Gasteiger partial charge is 0.366 e. The molecule has 0 saturated heterocycles. The Labute approximate surface area is 164 Å². The van der Waals surface area contributed by atoms with Crippen LogP contribution in [-0.4, -0.2) is 28.0 Å². The van der Waals surface area contributed by atoms with Crippen LogP contribution in [0.3, 0.4) is 0 Å². The molecule has 2 unspecified atom stereocenters. The number of rotatable bonds is 5. The number of primary amides is 1. The Morgan fingerprint density at radius 2 is 1.90 bits per heavy atom. The minimum absolute atomic E-state index is 0.0628. The number of halogens is 4. The Morgan fingerprint density at radius 3 is 2.48 bits per heavy atom. The van der Waals surface area contributed by atoms with E-state index in [0.717, 1.165) is 36.7 Å². The molecule has 0 radical (unpaired) electrons. The number of aromatic nitrogens is 2. The van der Waals surface area contributed by atoms with E-state index in [-0.39, 0.29) is 23.5 Å². The second kappa shape index (κ2) is 8.29. The third-order valence-corrected chi connectivity index (χ3v) is 4.78. The summed E-state index contributed by atoms with van der Waals surface area (Å²) in [7, 11) is 0. The van der Waals surface area contributed by atoms with Crippen LogP contribution in [0.1, 0.15) is 41.6 Å². The number of alkyl halides is 3. The van der Waals surface area contributed by atoms with Crippen LogP contribution < -0.4 is 21.9 Å². The Kier molecular flexibility index (Phi) is 5.99. The van der Waals surface area contributed by atoms with Crippen molar-refractivity contribution in [1.82, 2.24) is 15.4 Å². The number of nitrogens with two attached hydrogens (primary N) is 2. The SMILES string of the molecule is NC(=O)c1ccc(N(NC2CCCCC2N)c2cncc(C(F)(F)F)c2F)nc1. The molecule has 7 nitrogen and oxygen atoms in total. The van der Waals surface area contributed by atoms with Gasteiger partial charge in [-0.15, -0.1) is 0 Å². The quantitative estimate of drug-likeness (QED) is 0.515. The maximum atomic E-state index is 14.8. The maximum Gasteiger partial charge on any atom is 0.420 e. The fourth-order valence-corrected chi connectivity index (χ4v) is 3.20. The Bertz CT molecular complexity index is 874. The topological polar surface area (TPSA) is 110 Å². The second-order valence-corrected chi connectivity index (χ2v) is 6.81. The van der Waals surface area contributed by atoms with Crippen molar-refractivity contribution in [3.05, 3.63) is 47.7 Å². The standard InChI is InChI=1S/C18H20F4N6O/c19-16-11(18(20,21)22)8-25-9-14(16)28(27-13-4-2-1-3-12(13)23)15-6-5-10(7-26-15)17(24)29/h5-9,12-13,27H,1-4,23H2,(H2,24,29). The summed E-state index contributed by atoms with van der Waals surface area (Å²) >= 11 is 0. The number of nitrogens with zero attached hydrogens (tertiary/aromatic N) is 3. The number of carbonyl (C=O) groups is 1. The highest BCUT2D eigenvalue weighted by Gasteiger charge is 2.37. The third kappa shape index (κ3) is 4.62. The molecular weight excluding hydrogens is 392 g/mol. The Hall–Kier alpha value is -2.79. The van der Waals surface area contributed by atoms with Crippen molar-refractivity contribution in [3.8, 4) is 0 Å². The molecule has 0 aromatic carbocycles. The molecule has 0 spiro atoms. The lowest BCUT2D eigenvalue weighted by molar-refractivity contribution is -0.140.